The molecule has 0 radical (unpaired) electrons. The number of hydrogen-bond donors (Lipinski definition) is 2. The molecule has 21 heavy (non-hydrogen) atoms. The average molecular weight is 411 g/mol. The highest BCUT2D eigenvalue weighted by Gasteiger charge is 2.31. The predicted molar refractivity (Wildman–Crippen MR) is 101 cm³/mol. The molecule has 126 valence electrons. The van der Waals surface area contributed by atoms with Crippen molar-refractivity contribution >= 4 is 29.9 Å². The summed E-state index contributed by atoms with van der Waals surface area (Å²) < 4.78 is 0. The lowest BCUT2D eigenvalue weighted by atomic mass is 9.78. The minimum absolute atomic E-state index is 0. The summed E-state index contributed by atoms with van der Waals surface area (Å²) in [5.41, 5.74) is 0.422. The van der Waals surface area contributed by atoms with E-state index in [0.29, 0.717) is 12.0 Å². The van der Waals surface area contributed by atoms with E-state index in [9.17, 15) is 0 Å². The third-order valence-corrected chi connectivity index (χ3v) is 4.13. The van der Waals surface area contributed by atoms with Crippen molar-refractivity contribution in [3.05, 3.63) is 0 Å². The van der Waals surface area contributed by atoms with Crippen molar-refractivity contribution in [2.24, 2.45) is 16.3 Å². The number of piperidine rings is 1. The molecule has 1 aliphatic rings. The van der Waals surface area contributed by atoms with E-state index in [2.05, 4.69) is 31.0 Å². The minimum atomic E-state index is 0. The lowest BCUT2D eigenvalue weighted by molar-refractivity contribution is 0.142. The summed E-state index contributed by atoms with van der Waals surface area (Å²) in [6.07, 6.45) is 5.11. The molecular formula is C16H34IN3O. The highest BCUT2D eigenvalue weighted by Crippen LogP contribution is 2.33. The summed E-state index contributed by atoms with van der Waals surface area (Å²) in [6, 6.07) is 0. The van der Waals surface area contributed by atoms with Gasteiger partial charge in [0.2, 0.25) is 0 Å². The fourth-order valence-electron chi connectivity index (χ4n) is 3.03. The second-order valence-electron chi connectivity index (χ2n) is 6.57. The van der Waals surface area contributed by atoms with Crippen molar-refractivity contribution < 1.29 is 5.11 Å². The first-order valence-electron chi connectivity index (χ1n) is 8.18. The normalized spacial score (nSPS) is 24.4. The summed E-state index contributed by atoms with van der Waals surface area (Å²) in [4.78, 5) is 7.11. The maximum absolute atomic E-state index is 9.14. The Balaban J connectivity index is 0.00000400. The van der Waals surface area contributed by atoms with Gasteiger partial charge in [-0.15, -0.1) is 24.0 Å². The van der Waals surface area contributed by atoms with Gasteiger partial charge in [-0.25, -0.2) is 0 Å². The third kappa shape index (κ3) is 7.17. The summed E-state index contributed by atoms with van der Waals surface area (Å²) in [5, 5.41) is 12.5. The van der Waals surface area contributed by atoms with E-state index >= 15 is 0 Å². The third-order valence-electron chi connectivity index (χ3n) is 4.13. The second-order valence-corrected chi connectivity index (χ2v) is 6.57. The molecule has 0 amide bonds. The predicted octanol–water partition coefficient (Wildman–Crippen LogP) is 3.10. The number of aliphatic hydroxyl groups is 1. The number of aliphatic imine (C=N–C) groups is 1. The zero-order valence-corrected chi connectivity index (χ0v) is 16.5. The number of aliphatic hydroxyl groups excluding tert-OH is 1. The van der Waals surface area contributed by atoms with Crippen molar-refractivity contribution in [1.82, 2.24) is 10.2 Å². The highest BCUT2D eigenvalue weighted by atomic mass is 127. The minimum Gasteiger partial charge on any atom is -0.396 e. The number of guanidine groups is 1. The summed E-state index contributed by atoms with van der Waals surface area (Å²) in [7, 11) is 0. The van der Waals surface area contributed by atoms with Gasteiger partial charge in [-0.2, -0.15) is 0 Å². The lowest BCUT2D eigenvalue weighted by Crippen LogP contribution is -2.50. The van der Waals surface area contributed by atoms with Crippen molar-refractivity contribution in [3.63, 3.8) is 0 Å². The van der Waals surface area contributed by atoms with E-state index in [1.807, 2.05) is 6.92 Å². The van der Waals surface area contributed by atoms with E-state index < -0.39 is 0 Å². The molecule has 0 aromatic heterocycles. The molecule has 4 nitrogen and oxygen atoms in total. The van der Waals surface area contributed by atoms with E-state index in [-0.39, 0.29) is 36.5 Å². The zero-order chi connectivity index (χ0) is 15.0. The summed E-state index contributed by atoms with van der Waals surface area (Å²) in [5.74, 6) is 1.25. The van der Waals surface area contributed by atoms with Crippen LogP contribution in [0.25, 0.3) is 0 Å². The molecule has 2 unspecified atom stereocenters. The van der Waals surface area contributed by atoms with E-state index in [1.54, 1.807) is 0 Å². The Labute approximate surface area is 147 Å². The molecule has 2 N–H and O–H groups in total. The quantitative estimate of drug-likeness (QED) is 0.401. The van der Waals surface area contributed by atoms with Gasteiger partial charge >= 0.3 is 0 Å². The largest absolute Gasteiger partial charge is 0.396 e. The van der Waals surface area contributed by atoms with Gasteiger partial charge in [-0.05, 0) is 37.5 Å². The summed E-state index contributed by atoms with van der Waals surface area (Å²) >= 11 is 0. The maximum Gasteiger partial charge on any atom is 0.193 e. The van der Waals surface area contributed by atoms with E-state index in [4.69, 9.17) is 10.1 Å². The zero-order valence-electron chi connectivity index (χ0n) is 14.2. The molecule has 1 heterocycles. The Morgan fingerprint density at radius 1 is 1.43 bits per heavy atom. The number of hydrogen-bond acceptors (Lipinski definition) is 2. The van der Waals surface area contributed by atoms with Crippen LogP contribution < -0.4 is 5.32 Å². The second kappa shape index (κ2) is 10.6. The molecule has 1 saturated heterocycles. The number of rotatable bonds is 6. The Kier molecular flexibility index (Phi) is 10.6. The Hall–Kier alpha value is -0.0400. The van der Waals surface area contributed by atoms with E-state index in [0.717, 1.165) is 25.6 Å². The van der Waals surface area contributed by atoms with Crippen LogP contribution in [-0.2, 0) is 0 Å². The molecule has 0 aromatic carbocycles. The topological polar surface area (TPSA) is 47.9 Å². The van der Waals surface area contributed by atoms with E-state index in [1.165, 1.54) is 25.7 Å². The first kappa shape index (κ1) is 21.0. The molecule has 2 atom stereocenters. The number of halogens is 1. The van der Waals surface area contributed by atoms with Gasteiger partial charge in [0.05, 0.1) is 0 Å². The van der Waals surface area contributed by atoms with Crippen LogP contribution in [0.3, 0.4) is 0 Å². The molecule has 0 spiro atoms. The van der Waals surface area contributed by atoms with Crippen LogP contribution in [0.15, 0.2) is 4.99 Å². The summed E-state index contributed by atoms with van der Waals surface area (Å²) in [6.45, 7) is 12.8. The van der Waals surface area contributed by atoms with Crippen molar-refractivity contribution in [2.45, 2.75) is 53.4 Å². The molecule has 0 aliphatic carbocycles. The molecule has 0 saturated carbocycles. The van der Waals surface area contributed by atoms with Crippen molar-refractivity contribution in [3.8, 4) is 0 Å². The molecule has 5 heteroatoms. The molecule has 0 bridgehead atoms. The Morgan fingerprint density at radius 3 is 2.71 bits per heavy atom. The van der Waals surface area contributed by atoms with Crippen LogP contribution >= 0.6 is 24.0 Å². The van der Waals surface area contributed by atoms with Crippen LogP contribution in [0.4, 0.5) is 0 Å². The molecular weight excluding hydrogens is 377 g/mol. The van der Waals surface area contributed by atoms with Gasteiger partial charge in [-0.3, -0.25) is 4.99 Å². The highest BCUT2D eigenvalue weighted by molar-refractivity contribution is 14.0. The van der Waals surface area contributed by atoms with Crippen molar-refractivity contribution in [2.75, 3.05) is 32.8 Å². The van der Waals surface area contributed by atoms with Gasteiger partial charge in [-0.1, -0.05) is 27.2 Å². The molecule has 1 rings (SSSR count). The van der Waals surface area contributed by atoms with Crippen LogP contribution in [0.1, 0.15) is 53.4 Å². The fourth-order valence-corrected chi connectivity index (χ4v) is 3.03. The first-order chi connectivity index (χ1) is 9.54. The van der Waals surface area contributed by atoms with Gasteiger partial charge in [0.15, 0.2) is 5.96 Å². The lowest BCUT2D eigenvalue weighted by Gasteiger charge is -2.42. The fraction of sp³-hybridized carbons (Fsp3) is 0.938. The van der Waals surface area contributed by atoms with Crippen molar-refractivity contribution in [1.29, 1.82) is 0 Å². The van der Waals surface area contributed by atoms with Gasteiger partial charge in [0.1, 0.15) is 0 Å². The van der Waals surface area contributed by atoms with Crippen LogP contribution in [-0.4, -0.2) is 48.8 Å². The Bertz CT molecular complexity index is 308. The van der Waals surface area contributed by atoms with Gasteiger partial charge in [0.25, 0.3) is 0 Å². The number of nitrogens with one attached hydrogen (secondary N) is 1. The van der Waals surface area contributed by atoms with Crippen LogP contribution in [0, 0.1) is 11.3 Å². The average Bonchev–Trinajstić information content (AvgIpc) is 2.43. The molecule has 1 fully saturated rings. The van der Waals surface area contributed by atoms with Gasteiger partial charge < -0.3 is 15.3 Å². The first-order valence-corrected chi connectivity index (χ1v) is 8.18. The van der Waals surface area contributed by atoms with Crippen LogP contribution in [0.2, 0.25) is 0 Å². The molecule has 1 aliphatic heterocycles. The standard InChI is InChI=1S/C16H33N3O.HI/c1-5-8-16(4)9-7-10-19(13-16)15(17-6-2)18-11-14(3)12-20;/h14,20H,5-13H2,1-4H3,(H,17,18);1H. The number of likely N-dealkylation sites (tertiary alicyclic amines) is 1. The van der Waals surface area contributed by atoms with Gasteiger partial charge in [0, 0.05) is 32.8 Å². The monoisotopic (exact) mass is 411 g/mol. The SMILES string of the molecule is CCCC1(C)CCCN(C(=NCC(C)CO)NCC)C1.I. The van der Waals surface area contributed by atoms with Crippen LogP contribution in [0.5, 0.6) is 0 Å². The Morgan fingerprint density at radius 2 is 2.14 bits per heavy atom. The maximum atomic E-state index is 9.14. The smallest absolute Gasteiger partial charge is 0.193 e. The molecule has 0 aromatic rings. The number of nitrogens with zero attached hydrogens (tertiary/aromatic N) is 2.